The third-order valence-corrected chi connectivity index (χ3v) is 6.86. The SMILES string of the molecule is COC(=O)N1CC2(C1)C(=O)N(Cc1ncc3ccccc3c1CCCCO)c1ccccc12. The van der Waals surface area contributed by atoms with Gasteiger partial charge in [-0.15, -0.1) is 0 Å². The molecule has 7 heteroatoms. The summed E-state index contributed by atoms with van der Waals surface area (Å²) < 4.78 is 4.84. The summed E-state index contributed by atoms with van der Waals surface area (Å²) in [5.41, 5.74) is 3.10. The molecular weight excluding hydrogens is 418 g/mol. The van der Waals surface area contributed by atoms with E-state index in [1.165, 1.54) is 7.11 Å². The number of methoxy groups -OCH3 is 1. The summed E-state index contributed by atoms with van der Waals surface area (Å²) >= 11 is 0. The van der Waals surface area contributed by atoms with Gasteiger partial charge in [-0.3, -0.25) is 9.78 Å². The molecule has 2 aliphatic rings. The van der Waals surface area contributed by atoms with Crippen molar-refractivity contribution in [3.8, 4) is 0 Å². The van der Waals surface area contributed by atoms with Gasteiger partial charge < -0.3 is 19.6 Å². The molecule has 170 valence electrons. The molecule has 2 aliphatic heterocycles. The summed E-state index contributed by atoms with van der Waals surface area (Å²) in [6.07, 6.45) is 3.81. The van der Waals surface area contributed by atoms with Crippen LogP contribution in [0.3, 0.4) is 0 Å². The number of pyridine rings is 1. The van der Waals surface area contributed by atoms with Gasteiger partial charge in [-0.2, -0.15) is 0 Å². The van der Waals surface area contributed by atoms with Crippen LogP contribution in [-0.2, 0) is 27.9 Å². The number of aromatic nitrogens is 1. The Kier molecular flexibility index (Phi) is 5.50. The number of ether oxygens (including phenoxy) is 1. The molecule has 1 fully saturated rings. The number of likely N-dealkylation sites (tertiary alicyclic amines) is 1. The molecule has 2 amide bonds. The molecular formula is C26H27N3O4. The molecule has 0 radical (unpaired) electrons. The minimum atomic E-state index is -0.724. The van der Waals surface area contributed by atoms with Crippen LogP contribution in [0.4, 0.5) is 10.5 Å². The van der Waals surface area contributed by atoms with Crippen molar-refractivity contribution in [2.45, 2.75) is 31.2 Å². The predicted octanol–water partition coefficient (Wildman–Crippen LogP) is 3.42. The molecule has 7 nitrogen and oxygen atoms in total. The fraction of sp³-hybridized carbons (Fsp3) is 0.346. The number of hydrogen-bond donors (Lipinski definition) is 1. The van der Waals surface area contributed by atoms with Crippen molar-refractivity contribution in [3.05, 3.63) is 71.5 Å². The molecule has 33 heavy (non-hydrogen) atoms. The number of aryl methyl sites for hydroxylation is 1. The van der Waals surface area contributed by atoms with Crippen LogP contribution in [-0.4, -0.2) is 53.8 Å². The first-order chi connectivity index (χ1) is 16.1. The maximum absolute atomic E-state index is 13.7. The van der Waals surface area contributed by atoms with E-state index in [0.29, 0.717) is 19.6 Å². The van der Waals surface area contributed by atoms with Crippen LogP contribution in [0.2, 0.25) is 0 Å². The normalized spacial score (nSPS) is 16.2. The summed E-state index contributed by atoms with van der Waals surface area (Å²) in [5, 5.41) is 11.5. The Balaban J connectivity index is 1.50. The van der Waals surface area contributed by atoms with E-state index in [1.807, 2.05) is 53.6 Å². The van der Waals surface area contributed by atoms with Crippen LogP contribution in [0, 0.1) is 0 Å². The van der Waals surface area contributed by atoms with E-state index in [2.05, 4.69) is 6.07 Å². The van der Waals surface area contributed by atoms with Crippen molar-refractivity contribution < 1.29 is 19.4 Å². The van der Waals surface area contributed by atoms with Crippen molar-refractivity contribution in [3.63, 3.8) is 0 Å². The zero-order valence-corrected chi connectivity index (χ0v) is 18.7. The van der Waals surface area contributed by atoms with E-state index in [0.717, 1.165) is 52.5 Å². The smallest absolute Gasteiger partial charge is 0.409 e. The number of nitrogens with zero attached hydrogens (tertiary/aromatic N) is 3. The number of carbonyl (C=O) groups excluding carboxylic acids is 2. The van der Waals surface area contributed by atoms with Gasteiger partial charge in [0.05, 0.1) is 19.3 Å². The van der Waals surface area contributed by atoms with Gasteiger partial charge in [0.2, 0.25) is 5.91 Å². The van der Waals surface area contributed by atoms with Crippen LogP contribution in [0.5, 0.6) is 0 Å². The van der Waals surface area contributed by atoms with E-state index < -0.39 is 11.5 Å². The highest BCUT2D eigenvalue weighted by Crippen LogP contribution is 2.48. The van der Waals surface area contributed by atoms with E-state index in [9.17, 15) is 14.7 Å². The summed E-state index contributed by atoms with van der Waals surface area (Å²) in [4.78, 5) is 33.9. The minimum absolute atomic E-state index is 0.000111. The van der Waals surface area contributed by atoms with E-state index in [1.54, 1.807) is 4.90 Å². The molecule has 5 rings (SSSR count). The van der Waals surface area contributed by atoms with Gasteiger partial charge in [-0.1, -0.05) is 42.5 Å². The topological polar surface area (TPSA) is 83.0 Å². The number of para-hydroxylation sites is 1. The highest BCUT2D eigenvalue weighted by Gasteiger charge is 2.59. The fourth-order valence-corrected chi connectivity index (χ4v) is 5.17. The molecule has 1 aromatic heterocycles. The molecule has 0 saturated carbocycles. The van der Waals surface area contributed by atoms with Gasteiger partial charge >= 0.3 is 6.09 Å². The average Bonchev–Trinajstić information content (AvgIpc) is 3.07. The number of unbranched alkanes of at least 4 members (excludes halogenated alkanes) is 1. The van der Waals surface area contributed by atoms with Crippen LogP contribution >= 0.6 is 0 Å². The molecule has 0 aliphatic carbocycles. The number of hydrogen-bond acceptors (Lipinski definition) is 5. The lowest BCUT2D eigenvalue weighted by atomic mass is 9.75. The Morgan fingerprint density at radius 2 is 1.88 bits per heavy atom. The molecule has 1 saturated heterocycles. The number of carbonyl (C=O) groups is 2. The molecule has 1 N–H and O–H groups in total. The van der Waals surface area contributed by atoms with Gasteiger partial charge in [0, 0.05) is 37.0 Å². The van der Waals surface area contributed by atoms with Gasteiger partial charge in [0.1, 0.15) is 5.41 Å². The zero-order chi connectivity index (χ0) is 23.0. The minimum Gasteiger partial charge on any atom is -0.453 e. The van der Waals surface area contributed by atoms with Gasteiger partial charge in [-0.05, 0) is 41.8 Å². The Labute approximate surface area is 192 Å². The predicted molar refractivity (Wildman–Crippen MR) is 125 cm³/mol. The number of amides is 2. The molecule has 3 heterocycles. The zero-order valence-electron chi connectivity index (χ0n) is 18.7. The molecule has 3 aromatic rings. The number of anilines is 1. The third-order valence-electron chi connectivity index (χ3n) is 6.86. The van der Waals surface area contributed by atoms with E-state index >= 15 is 0 Å². The van der Waals surface area contributed by atoms with Crippen LogP contribution < -0.4 is 4.90 Å². The van der Waals surface area contributed by atoms with Crippen LogP contribution in [0.25, 0.3) is 10.8 Å². The second kappa shape index (κ2) is 8.48. The van der Waals surface area contributed by atoms with Crippen molar-refractivity contribution in [1.82, 2.24) is 9.88 Å². The van der Waals surface area contributed by atoms with Crippen LogP contribution in [0.1, 0.15) is 29.7 Å². The quantitative estimate of drug-likeness (QED) is 0.588. The third kappa shape index (κ3) is 3.43. The maximum atomic E-state index is 13.7. The number of rotatable bonds is 6. The van der Waals surface area contributed by atoms with Gasteiger partial charge in [0.15, 0.2) is 0 Å². The molecule has 0 unspecified atom stereocenters. The Morgan fingerprint density at radius 3 is 2.67 bits per heavy atom. The van der Waals surface area contributed by atoms with Gasteiger partial charge in [-0.25, -0.2) is 4.79 Å². The van der Waals surface area contributed by atoms with Crippen molar-refractivity contribution >= 4 is 28.5 Å². The molecule has 1 spiro atoms. The lowest BCUT2D eigenvalue weighted by Gasteiger charge is -2.45. The second-order valence-corrected chi connectivity index (χ2v) is 8.77. The van der Waals surface area contributed by atoms with Gasteiger partial charge in [0.25, 0.3) is 0 Å². The Hall–Kier alpha value is -3.45. The van der Waals surface area contributed by atoms with E-state index in [-0.39, 0.29) is 12.5 Å². The van der Waals surface area contributed by atoms with Crippen LogP contribution in [0.15, 0.2) is 54.7 Å². The summed E-state index contributed by atoms with van der Waals surface area (Å²) in [6.45, 7) is 1.17. The first-order valence-corrected chi connectivity index (χ1v) is 11.3. The second-order valence-electron chi connectivity index (χ2n) is 8.77. The Bertz CT molecular complexity index is 1220. The molecule has 2 aromatic carbocycles. The standard InChI is InChI=1S/C26H27N3O4/c1-33-25(32)28-16-26(17-28)21-11-4-5-12-23(21)29(24(26)31)15-22-20(10-6-7-13-30)19-9-3-2-8-18(19)14-27-22/h2-5,8-9,11-12,14,30H,6-7,10,13,15-17H2,1H3. The molecule has 0 bridgehead atoms. The lowest BCUT2D eigenvalue weighted by Crippen LogP contribution is -2.65. The number of fused-ring (bicyclic) bond motifs is 3. The summed E-state index contributed by atoms with van der Waals surface area (Å²) in [7, 11) is 1.35. The number of benzene rings is 2. The average molecular weight is 446 g/mol. The highest BCUT2D eigenvalue weighted by atomic mass is 16.5. The molecule has 0 atom stereocenters. The van der Waals surface area contributed by atoms with Crippen molar-refractivity contribution in [1.29, 1.82) is 0 Å². The largest absolute Gasteiger partial charge is 0.453 e. The number of aliphatic hydroxyl groups is 1. The highest BCUT2D eigenvalue weighted by molar-refractivity contribution is 6.10. The lowest BCUT2D eigenvalue weighted by molar-refractivity contribution is -0.128. The first-order valence-electron chi connectivity index (χ1n) is 11.3. The number of aliphatic hydroxyl groups excluding tert-OH is 1. The summed E-state index contributed by atoms with van der Waals surface area (Å²) in [6, 6.07) is 16.0. The Morgan fingerprint density at radius 1 is 1.12 bits per heavy atom. The first kappa shape index (κ1) is 21.4. The maximum Gasteiger partial charge on any atom is 0.409 e. The van der Waals surface area contributed by atoms with Crippen molar-refractivity contribution in [2.24, 2.45) is 0 Å². The fourth-order valence-electron chi connectivity index (χ4n) is 5.17. The van der Waals surface area contributed by atoms with Crippen molar-refractivity contribution in [2.75, 3.05) is 31.7 Å². The summed E-state index contributed by atoms with van der Waals surface area (Å²) in [5.74, 6) is 0.000111. The monoisotopic (exact) mass is 445 g/mol. The van der Waals surface area contributed by atoms with E-state index in [4.69, 9.17) is 9.72 Å².